The van der Waals surface area contributed by atoms with Gasteiger partial charge in [-0.1, -0.05) is 18.2 Å². The summed E-state index contributed by atoms with van der Waals surface area (Å²) in [6.45, 7) is 9.75. The molecule has 4 nitrogen and oxygen atoms in total. The van der Waals surface area contributed by atoms with Gasteiger partial charge in [-0.05, 0) is 24.3 Å². The molecular formula is C17H22N2O2S. The van der Waals surface area contributed by atoms with Gasteiger partial charge in [0.2, 0.25) is 5.91 Å². The molecule has 0 atom stereocenters. The molecule has 1 fully saturated rings. The minimum absolute atomic E-state index is 0.00714. The maximum atomic E-state index is 12.5. The van der Waals surface area contributed by atoms with E-state index in [0.717, 1.165) is 17.7 Å². The van der Waals surface area contributed by atoms with E-state index >= 15 is 0 Å². The van der Waals surface area contributed by atoms with Gasteiger partial charge in [0, 0.05) is 32.1 Å². The highest BCUT2D eigenvalue weighted by Crippen LogP contribution is 2.22. The summed E-state index contributed by atoms with van der Waals surface area (Å²) in [7, 11) is 0. The summed E-state index contributed by atoms with van der Waals surface area (Å²) in [5.74, 6) is 0.213. The second-order valence-electron chi connectivity index (χ2n) is 5.36. The molecule has 0 aliphatic carbocycles. The van der Waals surface area contributed by atoms with Crippen LogP contribution in [0.3, 0.4) is 0 Å². The fraction of sp³-hybridized carbons (Fsp3) is 0.412. The molecule has 0 unspecified atom stereocenters. The van der Waals surface area contributed by atoms with Crippen LogP contribution in [0.5, 0.6) is 0 Å². The predicted molar refractivity (Wildman–Crippen MR) is 89.9 cm³/mol. The lowest BCUT2D eigenvalue weighted by molar-refractivity contribution is -0.135. The molecule has 0 saturated carbocycles. The monoisotopic (exact) mass is 318 g/mol. The summed E-state index contributed by atoms with van der Waals surface area (Å²) in [5.41, 5.74) is 0. The molecule has 0 aromatic carbocycles. The van der Waals surface area contributed by atoms with E-state index in [0.29, 0.717) is 26.2 Å². The molecule has 1 saturated heterocycles. The number of thiophene rings is 1. The van der Waals surface area contributed by atoms with E-state index in [1.165, 1.54) is 11.3 Å². The lowest BCUT2D eigenvalue weighted by Gasteiger charge is -2.33. The molecule has 0 spiro atoms. The Morgan fingerprint density at radius 2 is 1.91 bits per heavy atom. The second kappa shape index (κ2) is 7.94. The largest absolute Gasteiger partial charge is 0.338 e. The van der Waals surface area contributed by atoms with Crippen molar-refractivity contribution >= 4 is 23.2 Å². The average Bonchev–Trinajstić information content (AvgIpc) is 3.08. The topological polar surface area (TPSA) is 40.6 Å². The first kappa shape index (κ1) is 16.5. The van der Waals surface area contributed by atoms with Crippen molar-refractivity contribution in [1.29, 1.82) is 0 Å². The van der Waals surface area contributed by atoms with Crippen LogP contribution in [0, 0.1) is 5.92 Å². The van der Waals surface area contributed by atoms with Crippen LogP contribution in [0.4, 0.5) is 0 Å². The standard InChI is InChI=1S/C17H22N2O2S/c1-3-9-18(10-4-2)16(20)14-7-11-19(12-8-14)17(21)15-6-5-13-22-15/h3-6,13-14H,1-2,7-12H2. The van der Waals surface area contributed by atoms with Gasteiger partial charge in [-0.3, -0.25) is 9.59 Å². The zero-order valence-electron chi connectivity index (χ0n) is 12.7. The molecule has 22 heavy (non-hydrogen) atoms. The fourth-order valence-corrected chi connectivity index (χ4v) is 3.40. The molecule has 2 rings (SSSR count). The van der Waals surface area contributed by atoms with E-state index in [9.17, 15) is 9.59 Å². The molecule has 1 aromatic rings. The number of nitrogens with zero attached hydrogens (tertiary/aromatic N) is 2. The third kappa shape index (κ3) is 3.85. The molecule has 1 aliphatic heterocycles. The van der Waals surface area contributed by atoms with Gasteiger partial charge in [0.15, 0.2) is 0 Å². The first-order valence-electron chi connectivity index (χ1n) is 7.50. The predicted octanol–water partition coefficient (Wildman–Crippen LogP) is 2.80. The first-order valence-corrected chi connectivity index (χ1v) is 8.38. The van der Waals surface area contributed by atoms with E-state index in [2.05, 4.69) is 13.2 Å². The number of likely N-dealkylation sites (tertiary alicyclic amines) is 1. The summed E-state index contributed by atoms with van der Waals surface area (Å²) in [5, 5.41) is 1.91. The highest BCUT2D eigenvalue weighted by Gasteiger charge is 2.30. The number of rotatable bonds is 6. The molecule has 2 amide bonds. The number of amides is 2. The Bertz CT molecular complexity index is 521. The van der Waals surface area contributed by atoms with Crippen molar-refractivity contribution in [3.05, 3.63) is 47.7 Å². The quantitative estimate of drug-likeness (QED) is 0.757. The maximum Gasteiger partial charge on any atom is 0.263 e. The molecule has 0 radical (unpaired) electrons. The van der Waals surface area contributed by atoms with E-state index in [4.69, 9.17) is 0 Å². The number of carbonyl (C=O) groups is 2. The van der Waals surface area contributed by atoms with Crippen molar-refractivity contribution in [2.24, 2.45) is 5.92 Å². The Labute approximate surface area is 135 Å². The van der Waals surface area contributed by atoms with Gasteiger partial charge in [-0.25, -0.2) is 0 Å². The van der Waals surface area contributed by atoms with Crippen LogP contribution in [-0.2, 0) is 4.79 Å². The molecule has 5 heteroatoms. The lowest BCUT2D eigenvalue weighted by Crippen LogP contribution is -2.44. The Hall–Kier alpha value is -1.88. The number of piperidine rings is 1. The van der Waals surface area contributed by atoms with Crippen molar-refractivity contribution in [2.45, 2.75) is 12.8 Å². The molecule has 0 bridgehead atoms. The minimum Gasteiger partial charge on any atom is -0.338 e. The van der Waals surface area contributed by atoms with Crippen LogP contribution in [0.25, 0.3) is 0 Å². The summed E-state index contributed by atoms with van der Waals surface area (Å²) in [6.07, 6.45) is 4.91. The first-order chi connectivity index (χ1) is 10.7. The van der Waals surface area contributed by atoms with E-state index in [1.54, 1.807) is 17.1 Å². The minimum atomic E-state index is -0.00714. The van der Waals surface area contributed by atoms with Crippen molar-refractivity contribution in [2.75, 3.05) is 26.2 Å². The molecule has 0 N–H and O–H groups in total. The van der Waals surface area contributed by atoms with Gasteiger partial charge in [-0.2, -0.15) is 0 Å². The maximum absolute atomic E-state index is 12.5. The van der Waals surface area contributed by atoms with Gasteiger partial charge in [0.05, 0.1) is 4.88 Å². The Morgan fingerprint density at radius 3 is 2.41 bits per heavy atom. The smallest absolute Gasteiger partial charge is 0.263 e. The number of hydrogen-bond donors (Lipinski definition) is 0. The van der Waals surface area contributed by atoms with E-state index in [-0.39, 0.29) is 17.7 Å². The number of carbonyl (C=O) groups excluding carboxylic acids is 2. The van der Waals surface area contributed by atoms with Crippen molar-refractivity contribution < 1.29 is 9.59 Å². The third-order valence-electron chi connectivity index (χ3n) is 3.87. The van der Waals surface area contributed by atoms with Gasteiger partial charge < -0.3 is 9.80 Å². The highest BCUT2D eigenvalue weighted by atomic mass is 32.1. The second-order valence-corrected chi connectivity index (χ2v) is 6.31. The number of hydrogen-bond acceptors (Lipinski definition) is 3. The van der Waals surface area contributed by atoms with Crippen LogP contribution in [0.2, 0.25) is 0 Å². The highest BCUT2D eigenvalue weighted by molar-refractivity contribution is 7.12. The van der Waals surface area contributed by atoms with Crippen LogP contribution in [0.1, 0.15) is 22.5 Å². The summed E-state index contributed by atoms with van der Waals surface area (Å²) in [4.78, 5) is 29.2. The zero-order valence-corrected chi connectivity index (χ0v) is 13.6. The van der Waals surface area contributed by atoms with Gasteiger partial charge >= 0.3 is 0 Å². The van der Waals surface area contributed by atoms with Crippen LogP contribution >= 0.6 is 11.3 Å². The van der Waals surface area contributed by atoms with Gasteiger partial charge in [0.25, 0.3) is 5.91 Å². The normalized spacial score (nSPS) is 15.4. The van der Waals surface area contributed by atoms with Crippen LogP contribution in [-0.4, -0.2) is 47.8 Å². The van der Waals surface area contributed by atoms with Crippen molar-refractivity contribution in [3.63, 3.8) is 0 Å². The zero-order chi connectivity index (χ0) is 15.9. The van der Waals surface area contributed by atoms with Crippen LogP contribution < -0.4 is 0 Å². The molecular weight excluding hydrogens is 296 g/mol. The van der Waals surface area contributed by atoms with E-state index < -0.39 is 0 Å². The summed E-state index contributed by atoms with van der Waals surface area (Å²) in [6, 6.07) is 3.73. The SMILES string of the molecule is C=CCN(CC=C)C(=O)C1CCN(C(=O)c2cccs2)CC1. The Balaban J connectivity index is 1.90. The van der Waals surface area contributed by atoms with Gasteiger partial charge in [0.1, 0.15) is 0 Å². The Morgan fingerprint density at radius 1 is 1.27 bits per heavy atom. The fourth-order valence-electron chi connectivity index (χ4n) is 2.71. The molecule has 2 heterocycles. The summed E-state index contributed by atoms with van der Waals surface area (Å²) < 4.78 is 0. The Kier molecular flexibility index (Phi) is 5.95. The van der Waals surface area contributed by atoms with Crippen LogP contribution in [0.15, 0.2) is 42.8 Å². The lowest BCUT2D eigenvalue weighted by atomic mass is 9.95. The third-order valence-corrected chi connectivity index (χ3v) is 4.73. The van der Waals surface area contributed by atoms with Gasteiger partial charge in [-0.15, -0.1) is 24.5 Å². The molecule has 1 aliphatic rings. The average molecular weight is 318 g/mol. The van der Waals surface area contributed by atoms with E-state index in [1.807, 2.05) is 22.4 Å². The van der Waals surface area contributed by atoms with Crippen molar-refractivity contribution in [1.82, 2.24) is 9.80 Å². The molecule has 1 aromatic heterocycles. The van der Waals surface area contributed by atoms with Crippen molar-refractivity contribution in [3.8, 4) is 0 Å². The molecule has 118 valence electrons. The summed E-state index contributed by atoms with van der Waals surface area (Å²) >= 11 is 1.46.